The number of rotatable bonds is 9. The van der Waals surface area contributed by atoms with Crippen molar-refractivity contribution in [2.75, 3.05) is 53.0 Å². The number of fused-ring (bicyclic) bond motifs is 1. The Hall–Kier alpha value is -3.72. The Bertz CT molecular complexity index is 1630. The maximum atomic E-state index is 13.6. The number of aromatic amines is 1. The molecule has 5 heterocycles. The lowest BCUT2D eigenvalue weighted by Crippen LogP contribution is -2.48. The number of hydrogen-bond acceptors (Lipinski definition) is 10. The summed E-state index contributed by atoms with van der Waals surface area (Å²) in [6.07, 6.45) is 4.58. The molecular weight excluding hydrogens is 524 g/mol. The van der Waals surface area contributed by atoms with Crippen LogP contribution in [-0.4, -0.2) is 100 Å². The zero-order chi connectivity index (χ0) is 27.6. The van der Waals surface area contributed by atoms with E-state index < -0.39 is 15.6 Å². The van der Waals surface area contributed by atoms with E-state index in [-0.39, 0.29) is 34.3 Å². The zero-order valence-corrected chi connectivity index (χ0v) is 22.8. The van der Waals surface area contributed by atoms with E-state index in [0.29, 0.717) is 44.0 Å². The lowest BCUT2D eigenvalue weighted by Gasteiger charge is -2.33. The molecule has 1 N–H and O–H groups in total. The summed E-state index contributed by atoms with van der Waals surface area (Å²) >= 11 is 0. The van der Waals surface area contributed by atoms with Crippen LogP contribution in [-0.2, 0) is 21.8 Å². The highest BCUT2D eigenvalue weighted by Crippen LogP contribution is 2.31. The second kappa shape index (κ2) is 11.2. The predicted molar refractivity (Wildman–Crippen MR) is 144 cm³/mol. The molecule has 0 aliphatic carbocycles. The number of nitrogens with one attached hydrogen (secondary N) is 1. The summed E-state index contributed by atoms with van der Waals surface area (Å²) in [7, 11) is -0.586. The number of ether oxygens (including phenoxy) is 2. The molecule has 5 rings (SSSR count). The fourth-order valence-electron chi connectivity index (χ4n) is 4.55. The van der Waals surface area contributed by atoms with Gasteiger partial charge in [0.25, 0.3) is 5.56 Å². The van der Waals surface area contributed by atoms with Gasteiger partial charge in [-0.1, -0.05) is 6.92 Å². The third-order valence-corrected chi connectivity index (χ3v) is 8.52. The maximum absolute atomic E-state index is 13.6. The molecule has 4 aromatic heterocycles. The third-order valence-electron chi connectivity index (χ3n) is 6.65. The Morgan fingerprint density at radius 2 is 1.90 bits per heavy atom. The Labute approximate surface area is 225 Å². The SMILES string of the molecule is CCN1CCN(S(=O)(=O)c2cnc(OCCOC)c(-c3nc4c(-c5cccnc5)n(C)nc4c(=O)[nH]3)c2)CC1. The normalized spacial score (nSPS) is 15.2. The lowest BCUT2D eigenvalue weighted by atomic mass is 10.2. The molecule has 4 aromatic rings. The summed E-state index contributed by atoms with van der Waals surface area (Å²) in [5.41, 5.74) is 1.57. The Balaban J connectivity index is 1.63. The lowest BCUT2D eigenvalue weighted by molar-refractivity contribution is 0.144. The summed E-state index contributed by atoms with van der Waals surface area (Å²) in [5.74, 6) is 0.231. The van der Waals surface area contributed by atoms with E-state index in [4.69, 9.17) is 14.5 Å². The van der Waals surface area contributed by atoms with Crippen LogP contribution in [0.1, 0.15) is 6.92 Å². The molecule has 14 heteroatoms. The Morgan fingerprint density at radius 3 is 2.59 bits per heavy atom. The fourth-order valence-corrected chi connectivity index (χ4v) is 5.94. The number of likely N-dealkylation sites (N-methyl/N-ethyl adjacent to an activating group) is 1. The average Bonchev–Trinajstić information content (AvgIpc) is 3.30. The molecule has 1 aliphatic rings. The van der Waals surface area contributed by atoms with Crippen molar-refractivity contribution in [1.29, 1.82) is 0 Å². The average molecular weight is 555 g/mol. The summed E-state index contributed by atoms with van der Waals surface area (Å²) in [5, 5.41) is 4.35. The number of aromatic nitrogens is 6. The van der Waals surface area contributed by atoms with Crippen LogP contribution >= 0.6 is 0 Å². The van der Waals surface area contributed by atoms with Crippen LogP contribution in [0, 0.1) is 0 Å². The van der Waals surface area contributed by atoms with E-state index in [1.165, 1.54) is 16.6 Å². The van der Waals surface area contributed by atoms with Gasteiger partial charge in [-0.25, -0.2) is 18.4 Å². The number of H-pyrrole nitrogens is 1. The van der Waals surface area contributed by atoms with Crippen molar-refractivity contribution >= 4 is 21.1 Å². The molecule has 39 heavy (non-hydrogen) atoms. The number of methoxy groups -OCH3 is 1. The fraction of sp³-hybridized carbons (Fsp3) is 0.400. The van der Waals surface area contributed by atoms with Gasteiger partial charge in [-0.2, -0.15) is 9.40 Å². The monoisotopic (exact) mass is 554 g/mol. The number of piperazine rings is 1. The number of pyridine rings is 2. The van der Waals surface area contributed by atoms with Crippen LogP contribution in [0.3, 0.4) is 0 Å². The number of hydrogen-bond donors (Lipinski definition) is 1. The van der Waals surface area contributed by atoms with Crippen molar-refractivity contribution in [3.63, 3.8) is 0 Å². The van der Waals surface area contributed by atoms with Crippen molar-refractivity contribution < 1.29 is 17.9 Å². The first kappa shape index (κ1) is 26.9. The molecule has 206 valence electrons. The van der Waals surface area contributed by atoms with Gasteiger partial charge < -0.3 is 19.4 Å². The molecular formula is C25H30N8O5S. The largest absolute Gasteiger partial charge is 0.475 e. The smallest absolute Gasteiger partial charge is 0.279 e. The molecule has 0 atom stereocenters. The first-order valence-electron chi connectivity index (χ1n) is 12.6. The minimum absolute atomic E-state index is 0.0112. The molecule has 1 aliphatic heterocycles. The standard InChI is InChI=1S/C25H30N8O5S/c1-4-32-8-10-33(11-9-32)39(35,36)18-14-19(25(27-16-18)38-13-12-37-3)23-28-20-21(24(34)29-23)30-31(2)22(20)17-6-5-7-26-15-17/h5-7,14-16H,4,8-13H2,1-3H3,(H,28,29,34). The summed E-state index contributed by atoms with van der Waals surface area (Å²) < 4.78 is 41.0. The minimum atomic E-state index is -3.85. The van der Waals surface area contributed by atoms with E-state index in [9.17, 15) is 13.2 Å². The minimum Gasteiger partial charge on any atom is -0.475 e. The molecule has 13 nitrogen and oxygen atoms in total. The van der Waals surface area contributed by atoms with Crippen molar-refractivity contribution in [2.24, 2.45) is 7.05 Å². The van der Waals surface area contributed by atoms with Crippen molar-refractivity contribution in [3.8, 4) is 28.5 Å². The molecule has 0 aromatic carbocycles. The van der Waals surface area contributed by atoms with E-state index >= 15 is 0 Å². The van der Waals surface area contributed by atoms with Gasteiger partial charge in [0, 0.05) is 58.3 Å². The number of aryl methyl sites for hydroxylation is 1. The first-order chi connectivity index (χ1) is 18.8. The highest BCUT2D eigenvalue weighted by Gasteiger charge is 2.30. The molecule has 0 amide bonds. The number of sulfonamides is 1. The van der Waals surface area contributed by atoms with Crippen molar-refractivity contribution in [3.05, 3.63) is 47.1 Å². The molecule has 0 unspecified atom stereocenters. The molecule has 0 bridgehead atoms. The summed E-state index contributed by atoms with van der Waals surface area (Å²) in [6, 6.07) is 5.07. The van der Waals surface area contributed by atoms with Crippen LogP contribution < -0.4 is 10.3 Å². The van der Waals surface area contributed by atoms with Crippen molar-refractivity contribution in [2.45, 2.75) is 11.8 Å². The van der Waals surface area contributed by atoms with Gasteiger partial charge in [0.2, 0.25) is 15.9 Å². The topological polar surface area (TPSA) is 148 Å². The predicted octanol–water partition coefficient (Wildman–Crippen LogP) is 1.13. The van der Waals surface area contributed by atoms with E-state index in [0.717, 1.165) is 12.1 Å². The van der Waals surface area contributed by atoms with E-state index in [1.807, 2.05) is 6.07 Å². The molecule has 0 saturated carbocycles. The van der Waals surface area contributed by atoms with Gasteiger partial charge in [-0.05, 0) is 24.7 Å². The third kappa shape index (κ3) is 5.28. The molecule has 0 radical (unpaired) electrons. The Kier molecular flexibility index (Phi) is 7.70. The van der Waals surface area contributed by atoms with E-state index in [1.54, 1.807) is 37.3 Å². The quantitative estimate of drug-likeness (QED) is 0.299. The molecule has 1 fully saturated rings. The summed E-state index contributed by atoms with van der Waals surface area (Å²) in [6.45, 7) is 5.43. The van der Waals surface area contributed by atoms with Crippen molar-refractivity contribution in [1.82, 2.24) is 38.9 Å². The highest BCUT2D eigenvalue weighted by atomic mass is 32.2. The van der Waals surface area contributed by atoms with Gasteiger partial charge in [-0.15, -0.1) is 0 Å². The maximum Gasteiger partial charge on any atom is 0.279 e. The molecule has 0 spiro atoms. The highest BCUT2D eigenvalue weighted by molar-refractivity contribution is 7.89. The van der Waals surface area contributed by atoms with Gasteiger partial charge in [0.05, 0.1) is 24.1 Å². The van der Waals surface area contributed by atoms with Crippen LogP contribution in [0.15, 0.2) is 46.5 Å². The Morgan fingerprint density at radius 1 is 1.10 bits per heavy atom. The van der Waals surface area contributed by atoms with Gasteiger partial charge in [0.15, 0.2) is 5.52 Å². The first-order valence-corrected chi connectivity index (χ1v) is 14.0. The van der Waals surface area contributed by atoms with E-state index in [2.05, 4.69) is 31.9 Å². The number of nitrogens with zero attached hydrogens (tertiary/aromatic N) is 7. The second-order valence-electron chi connectivity index (χ2n) is 9.03. The van der Waals surface area contributed by atoms with Crippen LogP contribution in [0.5, 0.6) is 5.88 Å². The summed E-state index contributed by atoms with van der Waals surface area (Å²) in [4.78, 5) is 31.3. The van der Waals surface area contributed by atoms with Gasteiger partial charge >= 0.3 is 0 Å². The second-order valence-corrected chi connectivity index (χ2v) is 11.0. The van der Waals surface area contributed by atoms with Gasteiger partial charge in [0.1, 0.15) is 22.8 Å². The zero-order valence-electron chi connectivity index (χ0n) is 22.0. The van der Waals surface area contributed by atoms with Crippen LogP contribution in [0.4, 0.5) is 0 Å². The molecule has 1 saturated heterocycles. The van der Waals surface area contributed by atoms with Crippen LogP contribution in [0.25, 0.3) is 33.7 Å². The van der Waals surface area contributed by atoms with Crippen LogP contribution in [0.2, 0.25) is 0 Å². The van der Waals surface area contributed by atoms with Gasteiger partial charge in [-0.3, -0.25) is 14.5 Å².